The van der Waals surface area contributed by atoms with Crippen molar-refractivity contribution in [3.8, 4) is 0 Å². The Kier molecular flexibility index (Phi) is 3.71. The van der Waals surface area contributed by atoms with E-state index >= 15 is 0 Å². The van der Waals surface area contributed by atoms with Crippen LogP contribution in [0.15, 0.2) is 42.5 Å². The first-order valence-electron chi connectivity index (χ1n) is 7.25. The Balaban J connectivity index is 1.83. The van der Waals surface area contributed by atoms with E-state index in [0.29, 0.717) is 12.0 Å². The lowest BCUT2D eigenvalue weighted by Crippen LogP contribution is -2.14. The highest BCUT2D eigenvalue weighted by molar-refractivity contribution is 5.42. The third-order valence-electron chi connectivity index (χ3n) is 4.18. The fourth-order valence-corrected chi connectivity index (χ4v) is 3.04. The van der Waals surface area contributed by atoms with Gasteiger partial charge in [0.1, 0.15) is 0 Å². The zero-order valence-electron chi connectivity index (χ0n) is 11.8. The van der Waals surface area contributed by atoms with E-state index in [1.807, 2.05) is 6.07 Å². The zero-order valence-corrected chi connectivity index (χ0v) is 11.8. The minimum absolute atomic E-state index is 0.147. The summed E-state index contributed by atoms with van der Waals surface area (Å²) in [6, 6.07) is 13.0. The lowest BCUT2D eigenvalue weighted by Gasteiger charge is -2.14. The van der Waals surface area contributed by atoms with Crippen molar-refractivity contribution in [2.45, 2.75) is 31.7 Å². The maximum absolute atomic E-state index is 11.1. The van der Waals surface area contributed by atoms with Gasteiger partial charge in [0.25, 0.3) is 5.69 Å². The van der Waals surface area contributed by atoms with Gasteiger partial charge in [0.05, 0.1) is 4.92 Å². The molecule has 0 radical (unpaired) electrons. The van der Waals surface area contributed by atoms with Crippen LogP contribution in [0.25, 0.3) is 0 Å². The summed E-state index contributed by atoms with van der Waals surface area (Å²) < 4.78 is 0. The van der Waals surface area contributed by atoms with Gasteiger partial charge in [-0.25, -0.2) is 0 Å². The van der Waals surface area contributed by atoms with E-state index in [9.17, 15) is 10.1 Å². The van der Waals surface area contributed by atoms with E-state index in [4.69, 9.17) is 5.73 Å². The smallest absolute Gasteiger partial charge is 0.272 e. The van der Waals surface area contributed by atoms with Crippen LogP contribution in [0.4, 0.5) is 5.69 Å². The highest BCUT2D eigenvalue weighted by atomic mass is 16.6. The summed E-state index contributed by atoms with van der Waals surface area (Å²) >= 11 is 0. The van der Waals surface area contributed by atoms with Crippen molar-refractivity contribution >= 4 is 5.69 Å². The van der Waals surface area contributed by atoms with Crippen molar-refractivity contribution in [2.75, 3.05) is 0 Å². The van der Waals surface area contributed by atoms with Gasteiger partial charge < -0.3 is 5.73 Å². The van der Waals surface area contributed by atoms with Gasteiger partial charge >= 0.3 is 0 Å². The van der Waals surface area contributed by atoms with Crippen LogP contribution in [0, 0.1) is 10.1 Å². The normalized spacial score (nSPS) is 14.7. The molecule has 0 heterocycles. The van der Waals surface area contributed by atoms with Gasteiger partial charge in [-0.1, -0.05) is 36.4 Å². The van der Waals surface area contributed by atoms with E-state index in [1.54, 1.807) is 12.1 Å². The van der Waals surface area contributed by atoms with E-state index in [2.05, 4.69) is 18.2 Å². The second kappa shape index (κ2) is 5.66. The largest absolute Gasteiger partial charge is 0.324 e. The van der Waals surface area contributed by atoms with Crippen LogP contribution in [-0.4, -0.2) is 4.92 Å². The molecule has 1 aliphatic carbocycles. The van der Waals surface area contributed by atoms with Crippen molar-refractivity contribution < 1.29 is 4.92 Å². The first kappa shape index (κ1) is 13.8. The van der Waals surface area contributed by atoms with Gasteiger partial charge in [-0.05, 0) is 42.4 Å². The van der Waals surface area contributed by atoms with Crippen molar-refractivity contribution in [3.63, 3.8) is 0 Å². The Morgan fingerprint density at radius 3 is 2.71 bits per heavy atom. The minimum atomic E-state index is -0.343. The summed E-state index contributed by atoms with van der Waals surface area (Å²) in [6.45, 7) is 0. The maximum Gasteiger partial charge on any atom is 0.272 e. The molecule has 0 aliphatic heterocycles. The maximum atomic E-state index is 11.1. The molecule has 0 bridgehead atoms. The van der Waals surface area contributed by atoms with Crippen molar-refractivity contribution in [2.24, 2.45) is 5.73 Å². The molecule has 2 aromatic rings. The molecule has 4 heteroatoms. The Labute approximate surface area is 123 Å². The summed E-state index contributed by atoms with van der Waals surface area (Å²) in [7, 11) is 0. The first-order valence-corrected chi connectivity index (χ1v) is 7.25. The first-order chi connectivity index (χ1) is 10.1. The molecule has 21 heavy (non-hydrogen) atoms. The fraction of sp³-hybridized carbons (Fsp3) is 0.294. The van der Waals surface area contributed by atoms with Gasteiger partial charge in [-0.2, -0.15) is 0 Å². The molecule has 1 aliphatic rings. The third-order valence-corrected chi connectivity index (χ3v) is 4.18. The van der Waals surface area contributed by atoms with Crippen LogP contribution in [0.3, 0.4) is 0 Å². The number of nitrogens with two attached hydrogens (primary N) is 1. The topological polar surface area (TPSA) is 69.2 Å². The van der Waals surface area contributed by atoms with E-state index < -0.39 is 0 Å². The van der Waals surface area contributed by atoms with Gasteiger partial charge in [0, 0.05) is 17.7 Å². The zero-order chi connectivity index (χ0) is 14.8. The number of nitro groups is 1. The molecule has 4 nitrogen and oxygen atoms in total. The highest BCUT2D eigenvalue weighted by Crippen LogP contribution is 2.28. The molecule has 1 unspecified atom stereocenters. The van der Waals surface area contributed by atoms with Crippen LogP contribution in [0.5, 0.6) is 0 Å². The molecular formula is C17H18N2O2. The molecular weight excluding hydrogens is 264 g/mol. The molecule has 0 amide bonds. The minimum Gasteiger partial charge on any atom is -0.324 e. The van der Waals surface area contributed by atoms with Crippen LogP contribution >= 0.6 is 0 Å². The number of benzene rings is 2. The average Bonchev–Trinajstić information content (AvgIpc) is 2.94. The molecule has 2 N–H and O–H groups in total. The molecule has 3 rings (SSSR count). The molecule has 2 aromatic carbocycles. The van der Waals surface area contributed by atoms with Gasteiger partial charge in [0.15, 0.2) is 0 Å². The summed E-state index contributed by atoms with van der Waals surface area (Å²) in [6.07, 6.45) is 3.95. The SMILES string of the molecule is NC(Cc1ccccc1[N+](=O)[O-])c1ccc2c(c1)CCC2. The standard InChI is InChI=1S/C17H18N2O2/c18-16(11-15-4-1-2-7-17(15)19(20)21)14-9-8-12-5-3-6-13(12)10-14/h1-2,4,7-10,16H,3,5-6,11,18H2. The second-order valence-corrected chi connectivity index (χ2v) is 5.58. The van der Waals surface area contributed by atoms with E-state index in [0.717, 1.165) is 18.4 Å². The van der Waals surface area contributed by atoms with Gasteiger partial charge in [-0.15, -0.1) is 0 Å². The Morgan fingerprint density at radius 2 is 1.90 bits per heavy atom. The number of rotatable bonds is 4. The summed E-state index contributed by atoms with van der Waals surface area (Å²) in [5.74, 6) is 0. The van der Waals surface area contributed by atoms with Gasteiger partial charge in [0.2, 0.25) is 0 Å². The second-order valence-electron chi connectivity index (χ2n) is 5.58. The Morgan fingerprint density at radius 1 is 1.14 bits per heavy atom. The number of hydrogen-bond donors (Lipinski definition) is 1. The van der Waals surface area contributed by atoms with Crippen LogP contribution in [-0.2, 0) is 19.3 Å². The molecule has 0 aromatic heterocycles. The summed E-state index contributed by atoms with van der Waals surface area (Å²) in [5, 5.41) is 11.1. The van der Waals surface area contributed by atoms with Crippen LogP contribution in [0.2, 0.25) is 0 Å². The summed E-state index contributed by atoms with van der Waals surface area (Å²) in [5.41, 5.74) is 11.0. The summed E-state index contributed by atoms with van der Waals surface area (Å²) in [4.78, 5) is 10.7. The lowest BCUT2D eigenvalue weighted by molar-refractivity contribution is -0.385. The predicted octanol–water partition coefficient (Wildman–Crippen LogP) is 3.33. The van der Waals surface area contributed by atoms with E-state index in [1.165, 1.54) is 23.6 Å². The molecule has 1 atom stereocenters. The van der Waals surface area contributed by atoms with Crippen molar-refractivity contribution in [1.82, 2.24) is 0 Å². The molecule has 0 saturated carbocycles. The number of aryl methyl sites for hydroxylation is 2. The third kappa shape index (κ3) is 2.81. The quantitative estimate of drug-likeness (QED) is 0.690. The number of para-hydroxylation sites is 1. The highest BCUT2D eigenvalue weighted by Gasteiger charge is 2.18. The fourth-order valence-electron chi connectivity index (χ4n) is 3.04. The number of nitrogens with zero attached hydrogens (tertiary/aromatic N) is 1. The number of fused-ring (bicyclic) bond motifs is 1. The molecule has 0 spiro atoms. The number of nitro benzene ring substituents is 1. The van der Waals surface area contributed by atoms with E-state index in [-0.39, 0.29) is 16.7 Å². The molecule has 0 saturated heterocycles. The average molecular weight is 282 g/mol. The van der Waals surface area contributed by atoms with Crippen LogP contribution in [0.1, 0.15) is 34.7 Å². The predicted molar refractivity (Wildman–Crippen MR) is 82.2 cm³/mol. The molecule has 108 valence electrons. The van der Waals surface area contributed by atoms with Crippen molar-refractivity contribution in [1.29, 1.82) is 0 Å². The van der Waals surface area contributed by atoms with Crippen LogP contribution < -0.4 is 5.73 Å². The Bertz CT molecular complexity index is 682. The number of hydrogen-bond acceptors (Lipinski definition) is 3. The Hall–Kier alpha value is -2.20. The monoisotopic (exact) mass is 282 g/mol. The van der Waals surface area contributed by atoms with Crippen molar-refractivity contribution in [3.05, 3.63) is 74.8 Å². The lowest BCUT2D eigenvalue weighted by atomic mass is 9.96. The molecule has 0 fully saturated rings. The van der Waals surface area contributed by atoms with Gasteiger partial charge in [-0.3, -0.25) is 10.1 Å².